The van der Waals surface area contributed by atoms with Crippen molar-refractivity contribution in [3.8, 4) is 0 Å². The topological polar surface area (TPSA) is 54.9 Å². The third-order valence-electron chi connectivity index (χ3n) is 1.84. The molecule has 0 spiro atoms. The Morgan fingerprint density at radius 3 is 2.22 bits per heavy atom. The molecule has 2 rings (SSSR count). The number of nitrogens with one attached hydrogen (secondary N) is 1. The number of hydrogen-bond acceptors (Lipinski definition) is 4. The maximum atomic E-state index is 11.8. The molecule has 1 N–H and O–H groups in total. The lowest BCUT2D eigenvalue weighted by atomic mass is 10.3. The molecule has 0 saturated carbocycles. The number of halogens is 4. The van der Waals surface area contributed by atoms with E-state index in [1.165, 1.54) is 12.1 Å². The third-order valence-corrected chi connectivity index (χ3v) is 3.67. The van der Waals surface area contributed by atoms with E-state index in [9.17, 15) is 4.79 Å². The van der Waals surface area contributed by atoms with E-state index in [1.807, 2.05) is 0 Å². The van der Waals surface area contributed by atoms with Crippen molar-refractivity contribution in [1.29, 1.82) is 0 Å². The smallest absolute Gasteiger partial charge is 0.286 e. The Labute approximate surface area is 126 Å². The molecule has 1 aromatic heterocycles. The second-order valence-electron chi connectivity index (χ2n) is 3.06. The van der Waals surface area contributed by atoms with Crippen LogP contribution < -0.4 is 5.32 Å². The largest absolute Gasteiger partial charge is 0.317 e. The average Bonchev–Trinajstić information content (AvgIpc) is 2.70. The van der Waals surface area contributed by atoms with Gasteiger partial charge in [-0.15, -0.1) is 10.2 Å². The number of nitrogens with zero attached hydrogens (tertiary/aromatic N) is 2. The van der Waals surface area contributed by atoms with Gasteiger partial charge in [0, 0.05) is 5.02 Å². The van der Waals surface area contributed by atoms with Crippen molar-refractivity contribution in [1.82, 2.24) is 10.2 Å². The van der Waals surface area contributed by atoms with E-state index in [4.69, 9.17) is 46.4 Å². The van der Waals surface area contributed by atoms with Crippen LogP contribution in [0.2, 0.25) is 19.5 Å². The fourth-order valence-electron chi connectivity index (χ4n) is 1.13. The average molecular weight is 343 g/mol. The van der Waals surface area contributed by atoms with Gasteiger partial charge in [0.15, 0.2) is 0 Å². The molecule has 0 bridgehead atoms. The molecule has 0 fully saturated rings. The zero-order valence-electron chi connectivity index (χ0n) is 8.38. The van der Waals surface area contributed by atoms with Gasteiger partial charge in [-0.1, -0.05) is 46.1 Å². The van der Waals surface area contributed by atoms with E-state index in [1.54, 1.807) is 0 Å². The molecule has 0 unspecified atom stereocenters. The summed E-state index contributed by atoms with van der Waals surface area (Å²) in [6.07, 6.45) is 0. The molecule has 0 aliphatic rings. The van der Waals surface area contributed by atoms with Crippen molar-refractivity contribution in [2.45, 2.75) is 0 Å². The number of hydrogen-bond donors (Lipinski definition) is 1. The highest BCUT2D eigenvalue weighted by atomic mass is 35.5. The fraction of sp³-hybridized carbons (Fsp3) is 0. The van der Waals surface area contributed by atoms with E-state index in [0.29, 0.717) is 5.02 Å². The van der Waals surface area contributed by atoms with Crippen LogP contribution in [0.25, 0.3) is 0 Å². The summed E-state index contributed by atoms with van der Waals surface area (Å²) >= 11 is 24.2. The molecule has 1 heterocycles. The predicted octanol–water partition coefficient (Wildman–Crippen LogP) is 4.40. The van der Waals surface area contributed by atoms with Crippen molar-refractivity contribution in [3.05, 3.63) is 36.7 Å². The number of amides is 1. The number of aromatic nitrogens is 2. The summed E-state index contributed by atoms with van der Waals surface area (Å²) < 4.78 is 0.174. The second kappa shape index (κ2) is 5.59. The van der Waals surface area contributed by atoms with Crippen LogP contribution in [-0.4, -0.2) is 16.1 Å². The van der Waals surface area contributed by atoms with E-state index >= 15 is 0 Å². The Morgan fingerprint density at radius 1 is 1.11 bits per heavy atom. The van der Waals surface area contributed by atoms with Crippen molar-refractivity contribution in [3.63, 3.8) is 0 Å². The lowest BCUT2D eigenvalue weighted by molar-refractivity contribution is 0.102. The SMILES string of the molecule is O=C(Nc1c(Cl)cc(Cl)cc1Cl)c1nnc(Cl)s1. The molecule has 1 aromatic carbocycles. The summed E-state index contributed by atoms with van der Waals surface area (Å²) in [5, 5.41) is 10.6. The molecule has 0 radical (unpaired) electrons. The molecule has 0 saturated heterocycles. The summed E-state index contributed by atoms with van der Waals surface area (Å²) in [6, 6.07) is 2.94. The minimum atomic E-state index is -0.495. The third kappa shape index (κ3) is 3.05. The Kier molecular flexibility index (Phi) is 4.29. The molecule has 4 nitrogen and oxygen atoms in total. The van der Waals surface area contributed by atoms with Crippen molar-refractivity contribution in [2.24, 2.45) is 0 Å². The normalized spacial score (nSPS) is 10.4. The fourth-order valence-corrected chi connectivity index (χ4v) is 2.76. The molecule has 9 heteroatoms. The molecule has 0 aliphatic heterocycles. The Hall–Kier alpha value is -0.590. The standard InChI is InChI=1S/C9H3Cl4N3OS/c10-3-1-4(11)6(5(12)2-3)14-7(17)8-15-16-9(13)18-8/h1-2H,(H,14,17). The van der Waals surface area contributed by atoms with Gasteiger partial charge in [0.05, 0.1) is 15.7 Å². The van der Waals surface area contributed by atoms with Gasteiger partial charge in [-0.2, -0.15) is 0 Å². The van der Waals surface area contributed by atoms with Gasteiger partial charge in [-0.05, 0) is 23.7 Å². The number of carbonyl (C=O) groups is 1. The molecule has 0 atom stereocenters. The van der Waals surface area contributed by atoms with Crippen LogP contribution in [0.4, 0.5) is 5.69 Å². The quantitative estimate of drug-likeness (QED) is 0.879. The van der Waals surface area contributed by atoms with Crippen molar-refractivity contribution >= 4 is 69.3 Å². The summed E-state index contributed by atoms with van der Waals surface area (Å²) in [7, 11) is 0. The van der Waals surface area contributed by atoms with Crippen LogP contribution in [0.3, 0.4) is 0 Å². The molecule has 18 heavy (non-hydrogen) atoms. The van der Waals surface area contributed by atoms with E-state index in [-0.39, 0.29) is 25.2 Å². The molecule has 1 amide bonds. The van der Waals surface area contributed by atoms with Gasteiger partial charge in [-0.3, -0.25) is 4.79 Å². The lowest BCUT2D eigenvalue weighted by Crippen LogP contribution is -2.12. The first kappa shape index (κ1) is 13.8. The van der Waals surface area contributed by atoms with Crippen molar-refractivity contribution < 1.29 is 4.79 Å². The molecular formula is C9H3Cl4N3OS. The van der Waals surface area contributed by atoms with Crippen LogP contribution in [0.1, 0.15) is 9.80 Å². The minimum absolute atomic E-state index is 0.113. The van der Waals surface area contributed by atoms with Crippen LogP contribution in [-0.2, 0) is 0 Å². The molecule has 94 valence electrons. The maximum absolute atomic E-state index is 11.8. The summed E-state index contributed by atoms with van der Waals surface area (Å²) in [4.78, 5) is 11.8. The van der Waals surface area contributed by atoms with Gasteiger partial charge >= 0.3 is 0 Å². The van der Waals surface area contributed by atoms with Crippen LogP contribution >= 0.6 is 57.7 Å². The van der Waals surface area contributed by atoms with E-state index < -0.39 is 5.91 Å². The predicted molar refractivity (Wildman–Crippen MR) is 74.3 cm³/mol. The minimum Gasteiger partial charge on any atom is -0.317 e. The Morgan fingerprint density at radius 2 is 1.72 bits per heavy atom. The summed E-state index contributed by atoms with van der Waals surface area (Å²) in [6.45, 7) is 0. The maximum Gasteiger partial charge on any atom is 0.286 e. The van der Waals surface area contributed by atoms with Crippen LogP contribution in [0, 0.1) is 0 Å². The first-order valence-electron chi connectivity index (χ1n) is 4.42. The Balaban J connectivity index is 2.27. The lowest BCUT2D eigenvalue weighted by Gasteiger charge is -2.08. The van der Waals surface area contributed by atoms with Gasteiger partial charge in [0.1, 0.15) is 0 Å². The van der Waals surface area contributed by atoms with Crippen LogP contribution in [0.5, 0.6) is 0 Å². The number of rotatable bonds is 2. The van der Waals surface area contributed by atoms with Crippen LogP contribution in [0.15, 0.2) is 12.1 Å². The van der Waals surface area contributed by atoms with Gasteiger partial charge in [-0.25, -0.2) is 0 Å². The highest BCUT2D eigenvalue weighted by Gasteiger charge is 2.16. The second-order valence-corrected chi connectivity index (χ2v) is 5.87. The zero-order chi connectivity index (χ0) is 13.3. The molecular weight excluding hydrogens is 340 g/mol. The van der Waals surface area contributed by atoms with Gasteiger partial charge in [0.25, 0.3) is 5.91 Å². The molecule has 2 aromatic rings. The summed E-state index contributed by atoms with van der Waals surface area (Å²) in [5.41, 5.74) is 0.263. The molecule has 0 aliphatic carbocycles. The Bertz CT molecular complexity index is 593. The van der Waals surface area contributed by atoms with Gasteiger partial charge in [0.2, 0.25) is 9.47 Å². The highest BCUT2D eigenvalue weighted by Crippen LogP contribution is 2.34. The number of carbonyl (C=O) groups excluding carboxylic acids is 1. The highest BCUT2D eigenvalue weighted by molar-refractivity contribution is 7.17. The summed E-state index contributed by atoms with van der Waals surface area (Å²) in [5.74, 6) is -0.495. The monoisotopic (exact) mass is 341 g/mol. The number of benzene rings is 1. The zero-order valence-corrected chi connectivity index (χ0v) is 12.2. The van der Waals surface area contributed by atoms with Crippen molar-refractivity contribution in [2.75, 3.05) is 5.32 Å². The van der Waals surface area contributed by atoms with Gasteiger partial charge < -0.3 is 5.32 Å². The van der Waals surface area contributed by atoms with E-state index in [0.717, 1.165) is 11.3 Å². The first-order chi connectivity index (χ1) is 8.47. The first-order valence-corrected chi connectivity index (χ1v) is 6.75. The van der Waals surface area contributed by atoms with E-state index in [2.05, 4.69) is 15.5 Å². The number of anilines is 1.